The van der Waals surface area contributed by atoms with Crippen molar-refractivity contribution in [2.24, 2.45) is 5.14 Å². The predicted molar refractivity (Wildman–Crippen MR) is 77.0 cm³/mol. The van der Waals surface area contributed by atoms with Crippen LogP contribution in [0.4, 0.5) is 5.69 Å². The average Bonchev–Trinajstić information content (AvgIpc) is 2.74. The van der Waals surface area contributed by atoms with Crippen molar-refractivity contribution in [1.29, 1.82) is 0 Å². The average molecular weight is 311 g/mol. The summed E-state index contributed by atoms with van der Waals surface area (Å²) in [5, 5.41) is 10.4. The Kier molecular flexibility index (Phi) is 4.17. The van der Waals surface area contributed by atoms with Crippen molar-refractivity contribution < 1.29 is 13.2 Å². The summed E-state index contributed by atoms with van der Waals surface area (Å²) in [5.41, 5.74) is 1.22. The monoisotopic (exact) mass is 311 g/mol. The number of hydrogen-bond acceptors (Lipinski definition) is 5. The maximum absolute atomic E-state index is 11.8. The second-order valence-corrected chi connectivity index (χ2v) is 6.78. The maximum Gasteiger partial charge on any atom is 0.238 e. The standard InChI is InChI=1S/C12H13N3O3S2/c1-8-14-10(7-19-8)6-12(16)15-9-2-4-11(5-3-9)20(13,17)18/h2-5,7H,6H2,1H3,(H,15,16)(H2,13,17,18). The second-order valence-electron chi connectivity index (χ2n) is 4.15. The molecule has 2 aromatic rings. The van der Waals surface area contributed by atoms with Gasteiger partial charge in [-0.05, 0) is 31.2 Å². The number of nitrogens with one attached hydrogen (secondary N) is 1. The van der Waals surface area contributed by atoms with Gasteiger partial charge < -0.3 is 5.32 Å². The van der Waals surface area contributed by atoms with E-state index in [9.17, 15) is 13.2 Å². The van der Waals surface area contributed by atoms with E-state index in [1.807, 2.05) is 12.3 Å². The number of aromatic nitrogens is 1. The number of nitrogens with two attached hydrogens (primary N) is 1. The number of anilines is 1. The van der Waals surface area contributed by atoms with Gasteiger partial charge in [-0.2, -0.15) is 0 Å². The highest BCUT2D eigenvalue weighted by molar-refractivity contribution is 7.89. The van der Waals surface area contributed by atoms with Crippen LogP contribution < -0.4 is 10.5 Å². The zero-order chi connectivity index (χ0) is 14.8. The van der Waals surface area contributed by atoms with Crippen LogP contribution in [0.1, 0.15) is 10.7 Å². The van der Waals surface area contributed by atoms with Gasteiger partial charge in [0, 0.05) is 11.1 Å². The van der Waals surface area contributed by atoms with Gasteiger partial charge in [0.05, 0.1) is 22.0 Å². The molecule has 0 spiro atoms. The van der Waals surface area contributed by atoms with Crippen LogP contribution in [0.25, 0.3) is 0 Å². The van der Waals surface area contributed by atoms with Crippen LogP contribution in [0.3, 0.4) is 0 Å². The van der Waals surface area contributed by atoms with Crippen LogP contribution >= 0.6 is 11.3 Å². The number of carbonyl (C=O) groups is 1. The number of sulfonamides is 1. The minimum atomic E-state index is -3.72. The van der Waals surface area contributed by atoms with Crippen molar-refractivity contribution in [3.05, 3.63) is 40.3 Å². The third kappa shape index (κ3) is 3.86. The molecular formula is C12H13N3O3S2. The summed E-state index contributed by atoms with van der Waals surface area (Å²) < 4.78 is 22.2. The lowest BCUT2D eigenvalue weighted by Gasteiger charge is -2.05. The van der Waals surface area contributed by atoms with Gasteiger partial charge in [-0.1, -0.05) is 0 Å². The van der Waals surface area contributed by atoms with Gasteiger partial charge in [-0.25, -0.2) is 18.5 Å². The summed E-state index contributed by atoms with van der Waals surface area (Å²) in [7, 11) is -3.72. The SMILES string of the molecule is Cc1nc(CC(=O)Nc2ccc(S(N)(=O)=O)cc2)cs1. The summed E-state index contributed by atoms with van der Waals surface area (Å²) in [4.78, 5) is 16.0. The molecule has 106 valence electrons. The molecule has 1 heterocycles. The summed E-state index contributed by atoms with van der Waals surface area (Å²) in [6.45, 7) is 1.87. The highest BCUT2D eigenvalue weighted by atomic mass is 32.2. The summed E-state index contributed by atoms with van der Waals surface area (Å²) in [6, 6.07) is 5.67. The molecule has 2 rings (SSSR count). The molecule has 0 fully saturated rings. The van der Waals surface area contributed by atoms with Crippen molar-refractivity contribution >= 4 is 33.0 Å². The molecule has 0 bridgehead atoms. The topological polar surface area (TPSA) is 102 Å². The molecule has 0 saturated carbocycles. The van der Waals surface area contributed by atoms with E-state index in [1.165, 1.54) is 35.6 Å². The van der Waals surface area contributed by atoms with Gasteiger partial charge in [0.15, 0.2) is 0 Å². The Hall–Kier alpha value is -1.77. The first-order valence-electron chi connectivity index (χ1n) is 5.68. The number of hydrogen-bond donors (Lipinski definition) is 2. The molecule has 1 aromatic carbocycles. The quantitative estimate of drug-likeness (QED) is 0.887. The van der Waals surface area contributed by atoms with Crippen LogP contribution in [0.5, 0.6) is 0 Å². The smallest absolute Gasteiger partial charge is 0.238 e. The lowest BCUT2D eigenvalue weighted by atomic mass is 10.3. The highest BCUT2D eigenvalue weighted by Gasteiger charge is 2.09. The zero-order valence-corrected chi connectivity index (χ0v) is 12.3. The van der Waals surface area contributed by atoms with Gasteiger partial charge in [0.2, 0.25) is 15.9 Å². The third-order valence-corrected chi connectivity index (χ3v) is 4.23. The van der Waals surface area contributed by atoms with E-state index in [0.717, 1.165) is 5.01 Å². The van der Waals surface area contributed by atoms with Gasteiger partial charge in [-0.3, -0.25) is 4.79 Å². The minimum absolute atomic E-state index is 0.00521. The third-order valence-electron chi connectivity index (χ3n) is 2.47. The summed E-state index contributed by atoms with van der Waals surface area (Å²) in [5.74, 6) is -0.210. The molecular weight excluding hydrogens is 298 g/mol. The van der Waals surface area contributed by atoms with Crippen molar-refractivity contribution in [1.82, 2.24) is 4.98 Å². The molecule has 0 aliphatic carbocycles. The Labute approximate surface area is 120 Å². The Morgan fingerprint density at radius 1 is 1.35 bits per heavy atom. The Bertz CT molecular complexity index is 721. The van der Waals surface area contributed by atoms with Crippen LogP contribution in [0, 0.1) is 6.92 Å². The Balaban J connectivity index is 2.01. The fourth-order valence-corrected chi connectivity index (χ4v) is 2.72. The molecule has 0 saturated heterocycles. The van der Waals surface area contributed by atoms with Crippen molar-refractivity contribution in [3.63, 3.8) is 0 Å². The second kappa shape index (κ2) is 5.70. The van der Waals surface area contributed by atoms with Crippen molar-refractivity contribution in [3.8, 4) is 0 Å². The molecule has 0 atom stereocenters. The molecule has 8 heteroatoms. The Morgan fingerprint density at radius 2 is 2.00 bits per heavy atom. The lowest BCUT2D eigenvalue weighted by Crippen LogP contribution is -2.15. The number of nitrogens with zero attached hydrogens (tertiary/aromatic N) is 1. The van der Waals surface area contributed by atoms with Gasteiger partial charge in [-0.15, -0.1) is 11.3 Å². The van der Waals surface area contributed by atoms with Crippen LogP contribution in [0.15, 0.2) is 34.5 Å². The molecule has 6 nitrogen and oxygen atoms in total. The first-order chi connectivity index (χ1) is 9.34. The fraction of sp³-hybridized carbons (Fsp3) is 0.167. The molecule has 20 heavy (non-hydrogen) atoms. The number of primary sulfonamides is 1. The molecule has 0 aliphatic heterocycles. The molecule has 3 N–H and O–H groups in total. The van der Waals surface area contributed by atoms with Crippen LogP contribution in [-0.4, -0.2) is 19.3 Å². The first-order valence-corrected chi connectivity index (χ1v) is 8.11. The van der Waals surface area contributed by atoms with E-state index in [1.54, 1.807) is 0 Å². The molecule has 0 aliphatic rings. The number of rotatable bonds is 4. The Morgan fingerprint density at radius 3 is 2.50 bits per heavy atom. The van der Waals surface area contributed by atoms with Gasteiger partial charge in [0.1, 0.15) is 0 Å². The van der Waals surface area contributed by atoms with Crippen molar-refractivity contribution in [2.75, 3.05) is 5.32 Å². The zero-order valence-electron chi connectivity index (χ0n) is 10.7. The van der Waals surface area contributed by atoms with E-state index >= 15 is 0 Å². The molecule has 1 amide bonds. The number of aryl methyl sites for hydroxylation is 1. The highest BCUT2D eigenvalue weighted by Crippen LogP contribution is 2.14. The summed E-state index contributed by atoms with van der Waals surface area (Å²) >= 11 is 1.49. The largest absolute Gasteiger partial charge is 0.326 e. The van der Waals surface area contributed by atoms with E-state index in [0.29, 0.717) is 11.4 Å². The van der Waals surface area contributed by atoms with E-state index in [4.69, 9.17) is 5.14 Å². The van der Waals surface area contributed by atoms with Crippen LogP contribution in [0.2, 0.25) is 0 Å². The van der Waals surface area contributed by atoms with Crippen molar-refractivity contribution in [2.45, 2.75) is 18.2 Å². The first kappa shape index (κ1) is 14.6. The molecule has 0 unspecified atom stereocenters. The normalized spacial score (nSPS) is 11.3. The molecule has 1 aromatic heterocycles. The van der Waals surface area contributed by atoms with E-state index < -0.39 is 10.0 Å². The van der Waals surface area contributed by atoms with E-state index in [2.05, 4.69) is 10.3 Å². The van der Waals surface area contributed by atoms with Gasteiger partial charge in [0.25, 0.3) is 0 Å². The fourth-order valence-electron chi connectivity index (χ4n) is 1.59. The molecule has 0 radical (unpaired) electrons. The van der Waals surface area contributed by atoms with E-state index in [-0.39, 0.29) is 17.2 Å². The van der Waals surface area contributed by atoms with Crippen LogP contribution in [-0.2, 0) is 21.2 Å². The predicted octanol–water partition coefficient (Wildman–Crippen LogP) is 1.28. The number of thiazole rings is 1. The maximum atomic E-state index is 11.8. The lowest BCUT2D eigenvalue weighted by molar-refractivity contribution is -0.115. The number of benzene rings is 1. The number of amides is 1. The minimum Gasteiger partial charge on any atom is -0.326 e. The summed E-state index contributed by atoms with van der Waals surface area (Å²) in [6.07, 6.45) is 0.182. The number of carbonyl (C=O) groups excluding carboxylic acids is 1. The van der Waals surface area contributed by atoms with Gasteiger partial charge >= 0.3 is 0 Å².